The molecule has 2 aromatic carbocycles. The summed E-state index contributed by atoms with van der Waals surface area (Å²) in [5.74, 6) is -2.29. The standard InChI is InChI=1S/C25H28ClF3N4O2/c26-20-13-18(27)2-1-17(20)16-31-5-3-19(4-6-31)33-24-15-22(29)21(28)14-23(24)32(25(33)34)8-7-30-9-11-35-12-10-30/h1-2,13-15,19H,3-12,16H2. The molecule has 188 valence electrons. The molecule has 5 rings (SSSR count). The van der Waals surface area contributed by atoms with Gasteiger partial charge in [0.2, 0.25) is 0 Å². The van der Waals surface area contributed by atoms with Crippen LogP contribution < -0.4 is 5.69 Å². The summed E-state index contributed by atoms with van der Waals surface area (Å²) in [4.78, 5) is 17.9. The molecule has 0 radical (unpaired) electrons. The second kappa shape index (κ2) is 10.3. The molecule has 3 aromatic rings. The Labute approximate surface area is 206 Å². The topological polar surface area (TPSA) is 42.6 Å². The summed E-state index contributed by atoms with van der Waals surface area (Å²) < 4.78 is 50.3. The highest BCUT2D eigenvalue weighted by Crippen LogP contribution is 2.29. The molecule has 0 atom stereocenters. The molecule has 0 amide bonds. The summed E-state index contributed by atoms with van der Waals surface area (Å²) >= 11 is 6.18. The number of rotatable bonds is 6. The van der Waals surface area contributed by atoms with Gasteiger partial charge in [-0.2, -0.15) is 0 Å². The molecule has 10 heteroatoms. The van der Waals surface area contributed by atoms with Crippen LogP contribution in [0.4, 0.5) is 13.2 Å². The van der Waals surface area contributed by atoms with E-state index >= 15 is 0 Å². The smallest absolute Gasteiger partial charge is 0.329 e. The highest BCUT2D eigenvalue weighted by atomic mass is 35.5. The molecule has 0 N–H and O–H groups in total. The van der Waals surface area contributed by atoms with Gasteiger partial charge in [-0.05, 0) is 30.5 Å². The van der Waals surface area contributed by atoms with Crippen LogP contribution in [0.1, 0.15) is 24.4 Å². The molecular weight excluding hydrogens is 481 g/mol. The minimum absolute atomic E-state index is 0.126. The molecule has 3 heterocycles. The number of morpholine rings is 1. The third-order valence-electron chi connectivity index (χ3n) is 7.08. The molecule has 35 heavy (non-hydrogen) atoms. The van der Waals surface area contributed by atoms with Crippen LogP contribution in [0.5, 0.6) is 0 Å². The number of ether oxygens (including phenoxy) is 1. The number of aromatic nitrogens is 2. The SMILES string of the molecule is O=c1n(CCN2CCOCC2)c2cc(F)c(F)cc2n1C1CCN(Cc2ccc(F)cc2Cl)CC1. The Balaban J connectivity index is 1.36. The van der Waals surface area contributed by atoms with E-state index in [1.54, 1.807) is 15.2 Å². The Morgan fingerprint density at radius 3 is 2.26 bits per heavy atom. The van der Waals surface area contributed by atoms with Crippen molar-refractivity contribution in [3.63, 3.8) is 0 Å². The Bertz CT molecular complexity index is 1260. The van der Waals surface area contributed by atoms with Gasteiger partial charge in [0.25, 0.3) is 0 Å². The Morgan fingerprint density at radius 1 is 0.886 bits per heavy atom. The number of piperidine rings is 1. The molecule has 2 aliphatic heterocycles. The van der Waals surface area contributed by atoms with Crippen LogP contribution in [-0.2, 0) is 17.8 Å². The predicted molar refractivity (Wildman–Crippen MR) is 128 cm³/mol. The van der Waals surface area contributed by atoms with Crippen LogP contribution in [0.2, 0.25) is 5.02 Å². The first-order valence-electron chi connectivity index (χ1n) is 12.0. The fraction of sp³-hybridized carbons (Fsp3) is 0.480. The molecule has 0 aliphatic carbocycles. The van der Waals surface area contributed by atoms with Gasteiger partial charge in [-0.3, -0.25) is 18.9 Å². The lowest BCUT2D eigenvalue weighted by Gasteiger charge is -2.32. The number of fused-ring (bicyclic) bond motifs is 1. The van der Waals surface area contributed by atoms with Crippen molar-refractivity contribution in [2.45, 2.75) is 32.0 Å². The maximum Gasteiger partial charge on any atom is 0.329 e. The fourth-order valence-corrected chi connectivity index (χ4v) is 5.36. The average Bonchev–Trinajstić information content (AvgIpc) is 3.11. The second-order valence-corrected chi connectivity index (χ2v) is 9.66. The zero-order valence-electron chi connectivity index (χ0n) is 19.4. The van der Waals surface area contributed by atoms with Gasteiger partial charge in [-0.25, -0.2) is 18.0 Å². The first-order chi connectivity index (χ1) is 16.9. The molecular formula is C25H28ClF3N4O2. The number of halogens is 4. The summed E-state index contributed by atoms with van der Waals surface area (Å²) in [6, 6.07) is 6.54. The maximum atomic E-state index is 14.2. The van der Waals surface area contributed by atoms with Crippen molar-refractivity contribution >= 4 is 22.6 Å². The van der Waals surface area contributed by atoms with Crippen molar-refractivity contribution in [2.24, 2.45) is 0 Å². The number of likely N-dealkylation sites (tertiary alicyclic amines) is 1. The zero-order chi connectivity index (χ0) is 24.5. The van der Waals surface area contributed by atoms with E-state index in [-0.39, 0.29) is 17.5 Å². The van der Waals surface area contributed by atoms with E-state index in [1.807, 2.05) is 0 Å². The van der Waals surface area contributed by atoms with Crippen LogP contribution in [-0.4, -0.2) is 64.9 Å². The number of imidazole rings is 1. The summed E-state index contributed by atoms with van der Waals surface area (Å²) in [6.07, 6.45) is 1.36. The third-order valence-corrected chi connectivity index (χ3v) is 7.43. The zero-order valence-corrected chi connectivity index (χ0v) is 20.1. The van der Waals surface area contributed by atoms with E-state index in [0.717, 1.165) is 30.8 Å². The predicted octanol–water partition coefficient (Wildman–Crippen LogP) is 4.04. The van der Waals surface area contributed by atoms with Crippen molar-refractivity contribution in [2.75, 3.05) is 45.9 Å². The van der Waals surface area contributed by atoms with Gasteiger partial charge in [0.1, 0.15) is 5.82 Å². The number of nitrogens with zero attached hydrogens (tertiary/aromatic N) is 4. The fourth-order valence-electron chi connectivity index (χ4n) is 5.13. The lowest BCUT2D eigenvalue weighted by Crippen LogP contribution is -2.40. The first-order valence-corrected chi connectivity index (χ1v) is 12.3. The van der Waals surface area contributed by atoms with Gasteiger partial charge in [-0.15, -0.1) is 0 Å². The van der Waals surface area contributed by atoms with Crippen molar-refractivity contribution in [1.82, 2.24) is 18.9 Å². The highest BCUT2D eigenvalue weighted by Gasteiger charge is 2.27. The van der Waals surface area contributed by atoms with Crippen LogP contribution in [0.3, 0.4) is 0 Å². The van der Waals surface area contributed by atoms with Crippen molar-refractivity contribution < 1.29 is 17.9 Å². The van der Waals surface area contributed by atoms with E-state index in [0.29, 0.717) is 74.8 Å². The van der Waals surface area contributed by atoms with E-state index in [1.165, 1.54) is 12.1 Å². The van der Waals surface area contributed by atoms with E-state index in [2.05, 4.69) is 9.80 Å². The van der Waals surface area contributed by atoms with Crippen LogP contribution >= 0.6 is 11.6 Å². The quantitative estimate of drug-likeness (QED) is 0.504. The largest absolute Gasteiger partial charge is 0.379 e. The summed E-state index contributed by atoms with van der Waals surface area (Å²) in [5.41, 5.74) is 1.46. The average molecular weight is 509 g/mol. The van der Waals surface area contributed by atoms with Crippen LogP contribution in [0.25, 0.3) is 11.0 Å². The van der Waals surface area contributed by atoms with E-state index in [9.17, 15) is 18.0 Å². The van der Waals surface area contributed by atoms with Crippen LogP contribution in [0.15, 0.2) is 35.1 Å². The van der Waals surface area contributed by atoms with Gasteiger partial charge in [-0.1, -0.05) is 17.7 Å². The van der Waals surface area contributed by atoms with Crippen LogP contribution in [0, 0.1) is 17.5 Å². The molecule has 0 spiro atoms. The minimum atomic E-state index is -0.958. The molecule has 6 nitrogen and oxygen atoms in total. The molecule has 0 saturated carbocycles. The number of benzene rings is 2. The molecule has 2 fully saturated rings. The van der Waals surface area contributed by atoms with Crippen molar-refractivity contribution in [3.8, 4) is 0 Å². The van der Waals surface area contributed by atoms with Crippen molar-refractivity contribution in [1.29, 1.82) is 0 Å². The second-order valence-electron chi connectivity index (χ2n) is 9.26. The maximum absolute atomic E-state index is 14.2. The monoisotopic (exact) mass is 508 g/mol. The Hall–Kier alpha value is -2.33. The summed E-state index contributed by atoms with van der Waals surface area (Å²) in [6.45, 7) is 5.90. The summed E-state index contributed by atoms with van der Waals surface area (Å²) in [5, 5.41) is 0.393. The van der Waals surface area contributed by atoms with Crippen molar-refractivity contribution in [3.05, 3.63) is 68.9 Å². The lowest BCUT2D eigenvalue weighted by molar-refractivity contribution is 0.0364. The minimum Gasteiger partial charge on any atom is -0.379 e. The van der Waals surface area contributed by atoms with E-state index in [4.69, 9.17) is 16.3 Å². The Kier molecular flexibility index (Phi) is 7.20. The van der Waals surface area contributed by atoms with Gasteiger partial charge in [0, 0.05) is 69.0 Å². The third kappa shape index (κ3) is 5.14. The van der Waals surface area contributed by atoms with Gasteiger partial charge in [0.05, 0.1) is 24.2 Å². The normalized spacial score (nSPS) is 18.5. The Morgan fingerprint density at radius 2 is 1.57 bits per heavy atom. The molecule has 0 bridgehead atoms. The molecule has 1 aromatic heterocycles. The number of hydrogen-bond acceptors (Lipinski definition) is 4. The number of hydrogen-bond donors (Lipinski definition) is 0. The molecule has 0 unspecified atom stereocenters. The van der Waals surface area contributed by atoms with Gasteiger partial charge >= 0.3 is 5.69 Å². The van der Waals surface area contributed by atoms with Gasteiger partial charge < -0.3 is 4.74 Å². The molecule has 2 saturated heterocycles. The summed E-state index contributed by atoms with van der Waals surface area (Å²) in [7, 11) is 0. The lowest BCUT2D eigenvalue weighted by atomic mass is 10.0. The molecule has 2 aliphatic rings. The first kappa shape index (κ1) is 24.4. The van der Waals surface area contributed by atoms with Gasteiger partial charge in [0.15, 0.2) is 11.6 Å². The van der Waals surface area contributed by atoms with E-state index < -0.39 is 11.6 Å². The highest BCUT2D eigenvalue weighted by molar-refractivity contribution is 6.31.